The van der Waals surface area contributed by atoms with E-state index in [1.807, 2.05) is 18.2 Å². The van der Waals surface area contributed by atoms with Crippen molar-refractivity contribution in [3.05, 3.63) is 59.7 Å². The molecule has 0 atom stereocenters. The maximum absolute atomic E-state index is 13.6. The van der Waals surface area contributed by atoms with Crippen LogP contribution < -0.4 is 4.74 Å². The minimum Gasteiger partial charge on any atom is -0.484 e. The van der Waals surface area contributed by atoms with Gasteiger partial charge in [-0.1, -0.05) is 18.2 Å². The number of halogens is 1. The number of hydrogen-bond donors (Lipinski definition) is 0. The third-order valence-electron chi connectivity index (χ3n) is 2.26. The summed E-state index contributed by atoms with van der Waals surface area (Å²) in [5.41, 5.74) is 1.36. The van der Waals surface area contributed by atoms with Crippen LogP contribution in [-0.2, 0) is 6.61 Å². The molecule has 0 aliphatic carbocycles. The van der Waals surface area contributed by atoms with Crippen LogP contribution in [0.15, 0.2) is 42.6 Å². The summed E-state index contributed by atoms with van der Waals surface area (Å²) in [6.45, 7) is 1.99. The highest BCUT2D eigenvalue weighted by molar-refractivity contribution is 5.30. The zero-order valence-corrected chi connectivity index (χ0v) is 8.98. The van der Waals surface area contributed by atoms with Gasteiger partial charge in [-0.2, -0.15) is 0 Å². The lowest BCUT2D eigenvalue weighted by Crippen LogP contribution is -1.99. The van der Waals surface area contributed by atoms with Crippen LogP contribution in [-0.4, -0.2) is 4.98 Å². The van der Waals surface area contributed by atoms with E-state index in [-0.39, 0.29) is 18.2 Å². The molecule has 0 spiro atoms. The van der Waals surface area contributed by atoms with E-state index < -0.39 is 0 Å². The van der Waals surface area contributed by atoms with Gasteiger partial charge in [0.25, 0.3) is 0 Å². The van der Waals surface area contributed by atoms with Crippen molar-refractivity contribution in [1.82, 2.24) is 4.98 Å². The zero-order chi connectivity index (χ0) is 11.4. The van der Waals surface area contributed by atoms with Gasteiger partial charge in [0.1, 0.15) is 6.61 Å². The average molecular weight is 217 g/mol. The monoisotopic (exact) mass is 217 g/mol. The van der Waals surface area contributed by atoms with Crippen LogP contribution in [0.5, 0.6) is 5.75 Å². The molecule has 1 aromatic heterocycles. The van der Waals surface area contributed by atoms with Gasteiger partial charge < -0.3 is 4.74 Å². The molecule has 0 saturated carbocycles. The van der Waals surface area contributed by atoms with Crippen LogP contribution in [0.1, 0.15) is 11.3 Å². The molecule has 0 N–H and O–H groups in total. The van der Waals surface area contributed by atoms with Crippen molar-refractivity contribution in [2.24, 2.45) is 0 Å². The van der Waals surface area contributed by atoms with Crippen LogP contribution in [0.4, 0.5) is 4.39 Å². The predicted molar refractivity (Wildman–Crippen MR) is 59.7 cm³/mol. The fourth-order valence-electron chi connectivity index (χ4n) is 1.37. The highest BCUT2D eigenvalue weighted by Gasteiger charge is 2.05. The number of ether oxygens (including phenoxy) is 1. The van der Waals surface area contributed by atoms with Crippen LogP contribution in [0.2, 0.25) is 0 Å². The van der Waals surface area contributed by atoms with Crippen molar-refractivity contribution >= 4 is 0 Å². The van der Waals surface area contributed by atoms with Gasteiger partial charge in [0.05, 0.1) is 5.69 Å². The van der Waals surface area contributed by atoms with Gasteiger partial charge in [-0.15, -0.1) is 0 Å². The van der Waals surface area contributed by atoms with Crippen molar-refractivity contribution < 1.29 is 9.13 Å². The van der Waals surface area contributed by atoms with E-state index in [4.69, 9.17) is 4.74 Å². The summed E-state index contributed by atoms with van der Waals surface area (Å²) in [6.07, 6.45) is 1.69. The Kier molecular flexibility index (Phi) is 3.15. The summed E-state index contributed by atoms with van der Waals surface area (Å²) in [4.78, 5) is 4.10. The summed E-state index contributed by atoms with van der Waals surface area (Å²) in [6, 6.07) is 10.6. The Balaban J connectivity index is 2.08. The van der Waals surface area contributed by atoms with Crippen molar-refractivity contribution in [1.29, 1.82) is 0 Å². The molecule has 0 aliphatic heterocycles. The summed E-state index contributed by atoms with van der Waals surface area (Å²) in [5, 5.41) is 0. The smallest absolute Gasteiger partial charge is 0.167 e. The number of aryl methyl sites for hydroxylation is 1. The first-order valence-corrected chi connectivity index (χ1v) is 5.05. The molecule has 16 heavy (non-hydrogen) atoms. The van der Waals surface area contributed by atoms with Gasteiger partial charge in [0.15, 0.2) is 11.6 Å². The van der Waals surface area contributed by atoms with E-state index in [2.05, 4.69) is 4.98 Å². The van der Waals surface area contributed by atoms with E-state index >= 15 is 0 Å². The van der Waals surface area contributed by atoms with E-state index in [1.54, 1.807) is 31.3 Å². The summed E-state index contributed by atoms with van der Waals surface area (Å²) in [5.74, 6) is -0.0379. The molecule has 0 saturated heterocycles. The molecule has 0 fully saturated rings. The first kappa shape index (κ1) is 10.6. The molecule has 82 valence electrons. The maximum atomic E-state index is 13.6. The largest absolute Gasteiger partial charge is 0.484 e. The summed E-state index contributed by atoms with van der Waals surface area (Å²) >= 11 is 0. The molecule has 1 aromatic carbocycles. The first-order valence-electron chi connectivity index (χ1n) is 5.05. The maximum Gasteiger partial charge on any atom is 0.167 e. The number of pyridine rings is 1. The Labute approximate surface area is 93.7 Å². The lowest BCUT2D eigenvalue weighted by atomic mass is 10.2. The summed E-state index contributed by atoms with van der Waals surface area (Å²) in [7, 11) is 0. The molecular formula is C13H12FNO. The van der Waals surface area contributed by atoms with E-state index in [0.717, 1.165) is 5.69 Å². The lowest BCUT2D eigenvalue weighted by Gasteiger charge is -2.07. The minimum absolute atomic E-state index is 0.269. The van der Waals surface area contributed by atoms with Gasteiger partial charge in [0.2, 0.25) is 0 Å². The normalized spacial score (nSPS) is 10.1. The molecule has 2 aromatic rings. The Morgan fingerprint density at radius 1 is 1.19 bits per heavy atom. The van der Waals surface area contributed by atoms with Crippen LogP contribution in [0.25, 0.3) is 0 Å². The van der Waals surface area contributed by atoms with Gasteiger partial charge in [0, 0.05) is 6.20 Å². The molecule has 3 heteroatoms. The predicted octanol–water partition coefficient (Wildman–Crippen LogP) is 3.11. The Morgan fingerprint density at radius 2 is 2.06 bits per heavy atom. The van der Waals surface area contributed by atoms with E-state index in [9.17, 15) is 4.39 Å². The van der Waals surface area contributed by atoms with Gasteiger partial charge in [-0.25, -0.2) is 4.39 Å². The Bertz CT molecular complexity index is 471. The molecule has 2 rings (SSSR count). The van der Waals surface area contributed by atoms with Crippen LogP contribution in [0.3, 0.4) is 0 Å². The van der Waals surface area contributed by atoms with Gasteiger partial charge >= 0.3 is 0 Å². The summed E-state index contributed by atoms with van der Waals surface area (Å²) < 4.78 is 18.9. The number of benzene rings is 1. The van der Waals surface area contributed by atoms with Crippen molar-refractivity contribution in [3.63, 3.8) is 0 Å². The molecule has 0 aliphatic rings. The Hall–Kier alpha value is -1.90. The third-order valence-corrected chi connectivity index (χ3v) is 2.26. The molecule has 2 nitrogen and oxygen atoms in total. The highest BCUT2D eigenvalue weighted by atomic mass is 19.1. The molecular weight excluding hydrogens is 205 g/mol. The topological polar surface area (TPSA) is 22.1 Å². The first-order chi connectivity index (χ1) is 7.77. The fraction of sp³-hybridized carbons (Fsp3) is 0.154. The fourth-order valence-corrected chi connectivity index (χ4v) is 1.37. The highest BCUT2D eigenvalue weighted by Crippen LogP contribution is 2.20. The molecule has 0 bridgehead atoms. The minimum atomic E-state index is -0.307. The number of aromatic nitrogens is 1. The lowest BCUT2D eigenvalue weighted by molar-refractivity contribution is 0.285. The standard InChI is InChI=1S/C13H12FNO/c1-10-5-4-7-12(13(10)14)16-9-11-6-2-3-8-15-11/h2-8H,9H2,1H3. The van der Waals surface area contributed by atoms with E-state index in [1.165, 1.54) is 0 Å². The third kappa shape index (κ3) is 2.37. The second kappa shape index (κ2) is 4.75. The zero-order valence-electron chi connectivity index (χ0n) is 8.98. The van der Waals surface area contributed by atoms with Gasteiger partial charge in [-0.3, -0.25) is 4.98 Å². The average Bonchev–Trinajstić information content (AvgIpc) is 2.32. The number of hydrogen-bond acceptors (Lipinski definition) is 2. The van der Waals surface area contributed by atoms with Gasteiger partial charge in [-0.05, 0) is 30.7 Å². The van der Waals surface area contributed by atoms with E-state index in [0.29, 0.717) is 5.56 Å². The van der Waals surface area contributed by atoms with Crippen molar-refractivity contribution in [2.75, 3.05) is 0 Å². The molecule has 0 radical (unpaired) electrons. The second-order valence-electron chi connectivity index (χ2n) is 3.50. The Morgan fingerprint density at radius 3 is 2.81 bits per heavy atom. The van der Waals surface area contributed by atoms with Crippen molar-refractivity contribution in [3.8, 4) is 5.75 Å². The SMILES string of the molecule is Cc1cccc(OCc2ccccn2)c1F. The molecule has 0 unspecified atom stereocenters. The van der Waals surface area contributed by atoms with Crippen LogP contribution in [0, 0.1) is 12.7 Å². The quantitative estimate of drug-likeness (QED) is 0.788. The van der Waals surface area contributed by atoms with Crippen LogP contribution >= 0.6 is 0 Å². The molecule has 1 heterocycles. The number of nitrogens with zero attached hydrogens (tertiary/aromatic N) is 1. The van der Waals surface area contributed by atoms with Crippen molar-refractivity contribution in [2.45, 2.75) is 13.5 Å². The molecule has 0 amide bonds. The second-order valence-corrected chi connectivity index (χ2v) is 3.50. The number of rotatable bonds is 3.